The minimum atomic E-state index is -1.84. The highest BCUT2D eigenvalue weighted by Crippen LogP contribution is 2.50. The van der Waals surface area contributed by atoms with Crippen molar-refractivity contribution in [1.82, 2.24) is 0 Å². The standard InChI is InChI=1S/C28H43N3O4.ClH/c1-26(2,3)22-17-24(35-4)27(19-28(22,34)23(32)18-29,16-15-20-11-7-5-8-12-20)31(25(30)33)21-13-9-6-10-14-21;/h6,9-10,13-14,17,20,24,34H,5,7-8,11-12,15-16,18-19,29H2,1-4H3,(H2,30,33);1H. The van der Waals surface area contributed by atoms with E-state index in [1.807, 2.05) is 57.2 Å². The maximum atomic E-state index is 13.3. The molecule has 0 heterocycles. The van der Waals surface area contributed by atoms with Crippen LogP contribution in [0.25, 0.3) is 0 Å². The molecular weight excluding hydrogens is 478 g/mol. The molecule has 1 saturated carbocycles. The number of carbonyl (C=O) groups is 2. The summed E-state index contributed by atoms with van der Waals surface area (Å²) >= 11 is 0. The lowest BCUT2D eigenvalue weighted by Crippen LogP contribution is -2.68. The number of ether oxygens (including phenoxy) is 1. The quantitative estimate of drug-likeness (QED) is 0.427. The van der Waals surface area contributed by atoms with Crippen molar-refractivity contribution in [2.45, 2.75) is 89.4 Å². The normalized spacial score (nSPS) is 27.1. The molecule has 0 radical (unpaired) electrons. The van der Waals surface area contributed by atoms with Gasteiger partial charge < -0.3 is 21.3 Å². The first-order valence-electron chi connectivity index (χ1n) is 12.9. The molecule has 0 aliphatic heterocycles. The smallest absolute Gasteiger partial charge is 0.319 e. The van der Waals surface area contributed by atoms with Crippen molar-refractivity contribution >= 4 is 29.9 Å². The summed E-state index contributed by atoms with van der Waals surface area (Å²) in [5, 5.41) is 12.1. The minimum absolute atomic E-state index is 0. The first kappa shape index (κ1) is 30.3. The fraction of sp³-hybridized carbons (Fsp3) is 0.643. The number of urea groups is 1. The van der Waals surface area contributed by atoms with Gasteiger partial charge in [0.15, 0.2) is 5.78 Å². The molecule has 7 nitrogen and oxygen atoms in total. The number of amides is 2. The van der Waals surface area contributed by atoms with E-state index in [9.17, 15) is 14.7 Å². The van der Waals surface area contributed by atoms with Crippen LogP contribution in [0.5, 0.6) is 0 Å². The van der Waals surface area contributed by atoms with Crippen molar-refractivity contribution in [3.63, 3.8) is 0 Å². The van der Waals surface area contributed by atoms with Gasteiger partial charge in [-0.3, -0.25) is 9.69 Å². The Morgan fingerprint density at radius 2 is 1.75 bits per heavy atom. The fourth-order valence-corrected chi connectivity index (χ4v) is 6.32. The van der Waals surface area contributed by atoms with Gasteiger partial charge in [-0.25, -0.2) is 4.79 Å². The molecule has 3 atom stereocenters. The van der Waals surface area contributed by atoms with Crippen LogP contribution in [0, 0.1) is 11.3 Å². The Labute approximate surface area is 222 Å². The first-order chi connectivity index (χ1) is 16.5. The molecule has 2 aliphatic carbocycles. The summed E-state index contributed by atoms with van der Waals surface area (Å²) in [7, 11) is 1.61. The predicted octanol–water partition coefficient (Wildman–Crippen LogP) is 4.74. The third kappa shape index (κ3) is 5.96. The van der Waals surface area contributed by atoms with Gasteiger partial charge in [-0.05, 0) is 41.9 Å². The first-order valence-corrected chi connectivity index (χ1v) is 12.9. The SMILES string of the molecule is COC1C=C(C(C)(C)C)C(O)(C(=O)CN)CC1(CCC1CCCCC1)N(C(N)=O)c1ccccc1.Cl. The molecule has 1 aromatic rings. The molecule has 5 N–H and O–H groups in total. The Hall–Kier alpha value is -1.93. The molecule has 202 valence electrons. The summed E-state index contributed by atoms with van der Waals surface area (Å²) in [6, 6.07) is 8.57. The van der Waals surface area contributed by atoms with Crippen molar-refractivity contribution in [2.24, 2.45) is 22.8 Å². The third-order valence-corrected chi connectivity index (χ3v) is 7.95. The molecule has 36 heavy (non-hydrogen) atoms. The van der Waals surface area contributed by atoms with E-state index >= 15 is 0 Å². The van der Waals surface area contributed by atoms with Gasteiger partial charge in [-0.15, -0.1) is 12.4 Å². The predicted molar refractivity (Wildman–Crippen MR) is 146 cm³/mol. The molecule has 2 amide bonds. The van der Waals surface area contributed by atoms with Crippen molar-refractivity contribution in [3.8, 4) is 0 Å². The van der Waals surface area contributed by atoms with Crippen LogP contribution in [0.3, 0.4) is 0 Å². The van der Waals surface area contributed by atoms with Crippen LogP contribution in [-0.4, -0.2) is 47.8 Å². The zero-order valence-corrected chi connectivity index (χ0v) is 23.0. The summed E-state index contributed by atoms with van der Waals surface area (Å²) in [4.78, 5) is 27.9. The Kier molecular flexibility index (Phi) is 10.2. The van der Waals surface area contributed by atoms with Gasteiger partial charge >= 0.3 is 6.03 Å². The average molecular weight is 522 g/mol. The summed E-state index contributed by atoms with van der Waals surface area (Å²) in [5.74, 6) is 0.0580. The minimum Gasteiger partial charge on any atom is -0.377 e. The number of hydrogen-bond acceptors (Lipinski definition) is 5. The number of ketones is 1. The molecule has 8 heteroatoms. The molecular formula is C28H44ClN3O4. The lowest BCUT2D eigenvalue weighted by molar-refractivity contribution is -0.138. The summed E-state index contributed by atoms with van der Waals surface area (Å²) < 4.78 is 6.05. The summed E-state index contributed by atoms with van der Waals surface area (Å²) in [6.45, 7) is 5.57. The van der Waals surface area contributed by atoms with Gasteiger partial charge in [-0.1, -0.05) is 77.2 Å². The number of halogens is 1. The largest absolute Gasteiger partial charge is 0.377 e. The van der Waals surface area contributed by atoms with Crippen LogP contribution in [0.2, 0.25) is 0 Å². The Morgan fingerprint density at radius 3 is 2.25 bits per heavy atom. The maximum absolute atomic E-state index is 13.3. The van der Waals surface area contributed by atoms with Crippen LogP contribution in [0.15, 0.2) is 42.0 Å². The highest BCUT2D eigenvalue weighted by molar-refractivity contribution is 5.95. The molecule has 1 fully saturated rings. The highest BCUT2D eigenvalue weighted by Gasteiger charge is 2.59. The van der Waals surface area contributed by atoms with E-state index in [1.165, 1.54) is 19.3 Å². The molecule has 3 rings (SSSR count). The van der Waals surface area contributed by atoms with E-state index < -0.39 is 34.5 Å². The number of nitrogens with two attached hydrogens (primary N) is 2. The monoisotopic (exact) mass is 521 g/mol. The van der Waals surface area contributed by atoms with Gasteiger partial charge in [0.1, 0.15) is 5.60 Å². The van der Waals surface area contributed by atoms with Crippen molar-refractivity contribution < 1.29 is 19.4 Å². The van der Waals surface area contributed by atoms with E-state index in [0.717, 1.165) is 19.3 Å². The lowest BCUT2D eigenvalue weighted by atomic mass is 9.61. The fourth-order valence-electron chi connectivity index (χ4n) is 6.32. The number of carbonyl (C=O) groups excluding carboxylic acids is 2. The van der Waals surface area contributed by atoms with Crippen molar-refractivity contribution in [2.75, 3.05) is 18.6 Å². The average Bonchev–Trinajstić information content (AvgIpc) is 2.82. The van der Waals surface area contributed by atoms with Crippen molar-refractivity contribution in [3.05, 3.63) is 42.0 Å². The highest BCUT2D eigenvalue weighted by atomic mass is 35.5. The Morgan fingerprint density at radius 1 is 1.14 bits per heavy atom. The van der Waals surface area contributed by atoms with E-state index in [1.54, 1.807) is 12.0 Å². The van der Waals surface area contributed by atoms with E-state index in [2.05, 4.69) is 0 Å². The van der Waals surface area contributed by atoms with Crippen LogP contribution in [-0.2, 0) is 9.53 Å². The molecule has 0 bridgehead atoms. The number of aliphatic hydroxyl groups is 1. The van der Waals surface area contributed by atoms with Crippen LogP contribution < -0.4 is 16.4 Å². The second-order valence-corrected chi connectivity index (χ2v) is 11.3. The molecule has 2 aliphatic rings. The molecule has 0 saturated heterocycles. The zero-order valence-electron chi connectivity index (χ0n) is 22.2. The van der Waals surface area contributed by atoms with Crippen molar-refractivity contribution in [1.29, 1.82) is 0 Å². The molecule has 0 spiro atoms. The van der Waals surface area contributed by atoms with Gasteiger partial charge in [0, 0.05) is 19.2 Å². The number of para-hydroxylation sites is 1. The van der Waals surface area contributed by atoms with Crippen LogP contribution >= 0.6 is 12.4 Å². The second kappa shape index (κ2) is 12.1. The number of Topliss-reactive ketones (excluding diaryl/α,β-unsaturated/α-hetero) is 1. The third-order valence-electron chi connectivity index (χ3n) is 7.95. The second-order valence-electron chi connectivity index (χ2n) is 11.3. The summed E-state index contributed by atoms with van der Waals surface area (Å²) in [5.41, 5.74) is 9.63. The number of primary amides is 1. The van der Waals surface area contributed by atoms with E-state index in [4.69, 9.17) is 16.2 Å². The Bertz CT molecular complexity index is 926. The topological polar surface area (TPSA) is 119 Å². The molecule has 3 unspecified atom stereocenters. The number of hydrogen-bond donors (Lipinski definition) is 3. The number of nitrogens with zero attached hydrogens (tertiary/aromatic N) is 1. The van der Waals surface area contributed by atoms with Gasteiger partial charge in [0.2, 0.25) is 0 Å². The van der Waals surface area contributed by atoms with Gasteiger partial charge in [-0.2, -0.15) is 0 Å². The maximum Gasteiger partial charge on any atom is 0.319 e. The molecule has 0 aromatic heterocycles. The van der Waals surface area contributed by atoms with E-state index in [-0.39, 0.29) is 25.4 Å². The number of rotatable bonds is 8. The summed E-state index contributed by atoms with van der Waals surface area (Å²) in [6.07, 6.45) is 8.58. The van der Waals surface area contributed by atoms with Crippen LogP contribution in [0.1, 0.15) is 72.1 Å². The number of methoxy groups -OCH3 is 1. The van der Waals surface area contributed by atoms with E-state index in [0.29, 0.717) is 23.6 Å². The molecule has 1 aromatic carbocycles. The van der Waals surface area contributed by atoms with Crippen LogP contribution in [0.4, 0.5) is 10.5 Å². The number of benzene rings is 1. The van der Waals surface area contributed by atoms with Gasteiger partial charge in [0.25, 0.3) is 0 Å². The zero-order chi connectivity index (χ0) is 25.9. The Balaban J connectivity index is 0.00000456. The lowest BCUT2D eigenvalue weighted by Gasteiger charge is -2.55. The van der Waals surface area contributed by atoms with Gasteiger partial charge in [0.05, 0.1) is 18.2 Å². The number of anilines is 1.